The van der Waals surface area contributed by atoms with Crippen LogP contribution in [0.1, 0.15) is 25.8 Å². The van der Waals surface area contributed by atoms with E-state index in [1.165, 1.54) is 0 Å². The summed E-state index contributed by atoms with van der Waals surface area (Å²) in [6.45, 7) is 6.38. The van der Waals surface area contributed by atoms with Gasteiger partial charge >= 0.3 is 0 Å². The first-order chi connectivity index (χ1) is 7.95. The fraction of sp³-hybridized carbons (Fsp3) is 0.615. The van der Waals surface area contributed by atoms with Crippen LogP contribution in [-0.2, 0) is 4.74 Å². The molecule has 4 heteroatoms. The third kappa shape index (κ3) is 2.09. The van der Waals surface area contributed by atoms with Crippen LogP contribution in [0.5, 0.6) is 0 Å². The predicted octanol–water partition coefficient (Wildman–Crippen LogP) is 2.20. The molecular weight excluding hydrogens is 214 g/mol. The molecule has 1 aromatic rings. The number of anilines is 2. The maximum absolute atomic E-state index is 5.87. The van der Waals surface area contributed by atoms with Crippen LogP contribution in [-0.4, -0.2) is 24.2 Å². The molecule has 0 saturated heterocycles. The molecule has 0 bridgehead atoms. The highest BCUT2D eigenvalue weighted by Gasteiger charge is 2.48. The number of nitrogens with zero attached hydrogens (tertiary/aromatic N) is 1. The number of pyridine rings is 1. The van der Waals surface area contributed by atoms with E-state index in [-0.39, 0.29) is 5.41 Å². The summed E-state index contributed by atoms with van der Waals surface area (Å²) in [5, 5.41) is 3.43. The zero-order valence-electron chi connectivity index (χ0n) is 10.9. The molecule has 1 fully saturated rings. The number of hydrogen-bond donors (Lipinski definition) is 2. The molecule has 1 aromatic heterocycles. The van der Waals surface area contributed by atoms with Gasteiger partial charge in [-0.15, -0.1) is 0 Å². The Morgan fingerprint density at radius 2 is 2.24 bits per heavy atom. The Balaban J connectivity index is 2.05. The monoisotopic (exact) mass is 235 g/mol. The minimum Gasteiger partial charge on any atom is -0.398 e. The maximum atomic E-state index is 5.87. The Bertz CT molecular complexity index is 417. The van der Waals surface area contributed by atoms with E-state index in [1.54, 1.807) is 13.3 Å². The van der Waals surface area contributed by atoms with Crippen LogP contribution in [0.2, 0.25) is 0 Å². The third-order valence-electron chi connectivity index (χ3n) is 3.93. The molecular formula is C13H21N3O. The van der Waals surface area contributed by atoms with Gasteiger partial charge in [0.15, 0.2) is 0 Å². The predicted molar refractivity (Wildman–Crippen MR) is 70.0 cm³/mol. The first-order valence-electron chi connectivity index (χ1n) is 5.96. The second kappa shape index (κ2) is 4.18. The van der Waals surface area contributed by atoms with Gasteiger partial charge in [-0.25, -0.2) is 4.98 Å². The van der Waals surface area contributed by atoms with Gasteiger partial charge in [-0.05, 0) is 18.9 Å². The summed E-state index contributed by atoms with van der Waals surface area (Å²) in [6, 6.07) is 2.29. The molecule has 2 unspecified atom stereocenters. The number of ether oxygens (including phenoxy) is 1. The van der Waals surface area contributed by atoms with Gasteiger partial charge in [0.2, 0.25) is 0 Å². The number of nitrogens with two attached hydrogens (primary N) is 1. The van der Waals surface area contributed by atoms with E-state index in [4.69, 9.17) is 10.5 Å². The van der Waals surface area contributed by atoms with Gasteiger partial charge in [-0.1, -0.05) is 13.8 Å². The van der Waals surface area contributed by atoms with Crippen LogP contribution >= 0.6 is 0 Å². The minimum atomic E-state index is 0.135. The molecule has 0 radical (unpaired) electrons. The molecule has 3 N–H and O–H groups in total. The number of rotatable bonds is 3. The molecule has 94 valence electrons. The van der Waals surface area contributed by atoms with E-state index in [2.05, 4.69) is 24.1 Å². The highest BCUT2D eigenvalue weighted by molar-refractivity contribution is 5.54. The van der Waals surface area contributed by atoms with Crippen molar-refractivity contribution in [3.05, 3.63) is 17.8 Å². The Morgan fingerprint density at radius 1 is 1.53 bits per heavy atom. The van der Waals surface area contributed by atoms with E-state index >= 15 is 0 Å². The molecule has 1 aliphatic rings. The first kappa shape index (κ1) is 12.2. The lowest BCUT2D eigenvalue weighted by Gasteiger charge is -2.51. The molecule has 2 atom stereocenters. The summed E-state index contributed by atoms with van der Waals surface area (Å²) in [6.07, 6.45) is 3.14. The summed E-state index contributed by atoms with van der Waals surface area (Å²) in [5.74, 6) is 0.848. The highest BCUT2D eigenvalue weighted by atomic mass is 16.5. The van der Waals surface area contributed by atoms with Crippen molar-refractivity contribution in [2.75, 3.05) is 18.2 Å². The van der Waals surface area contributed by atoms with Crippen molar-refractivity contribution in [3.8, 4) is 0 Å². The van der Waals surface area contributed by atoms with Crippen molar-refractivity contribution in [2.45, 2.75) is 39.3 Å². The van der Waals surface area contributed by atoms with Crippen molar-refractivity contribution in [1.82, 2.24) is 4.98 Å². The lowest BCUT2D eigenvalue weighted by molar-refractivity contribution is -0.0795. The normalized spacial score (nSPS) is 26.4. The number of aryl methyl sites for hydroxylation is 1. The molecule has 0 spiro atoms. The van der Waals surface area contributed by atoms with Crippen LogP contribution < -0.4 is 11.1 Å². The Morgan fingerprint density at radius 3 is 2.76 bits per heavy atom. The average molecular weight is 235 g/mol. The van der Waals surface area contributed by atoms with Crippen LogP contribution in [0, 0.1) is 12.3 Å². The molecule has 0 amide bonds. The van der Waals surface area contributed by atoms with E-state index in [0.29, 0.717) is 12.1 Å². The number of nitrogen functional groups attached to an aromatic ring is 1. The van der Waals surface area contributed by atoms with E-state index < -0.39 is 0 Å². The van der Waals surface area contributed by atoms with Gasteiger partial charge in [0.05, 0.1) is 6.10 Å². The summed E-state index contributed by atoms with van der Waals surface area (Å²) < 4.78 is 5.43. The second-order valence-corrected chi connectivity index (χ2v) is 5.40. The summed E-state index contributed by atoms with van der Waals surface area (Å²) >= 11 is 0. The smallest absolute Gasteiger partial charge is 0.128 e. The Kier molecular flexibility index (Phi) is 3.00. The molecule has 1 saturated carbocycles. The lowest BCUT2D eigenvalue weighted by Crippen LogP contribution is -2.57. The third-order valence-corrected chi connectivity index (χ3v) is 3.93. The molecule has 4 nitrogen and oxygen atoms in total. The fourth-order valence-electron chi connectivity index (χ4n) is 2.33. The minimum absolute atomic E-state index is 0.135. The Labute approximate surface area is 103 Å². The number of methoxy groups -OCH3 is 1. The zero-order chi connectivity index (χ0) is 12.6. The van der Waals surface area contributed by atoms with Crippen LogP contribution in [0.4, 0.5) is 11.5 Å². The quantitative estimate of drug-likeness (QED) is 0.843. The van der Waals surface area contributed by atoms with E-state index in [0.717, 1.165) is 23.5 Å². The number of nitrogens with one attached hydrogen (secondary N) is 1. The summed E-state index contributed by atoms with van der Waals surface area (Å²) in [5.41, 5.74) is 7.80. The van der Waals surface area contributed by atoms with Gasteiger partial charge in [0, 0.05) is 36.5 Å². The molecule has 0 aliphatic heterocycles. The largest absolute Gasteiger partial charge is 0.398 e. The number of aromatic nitrogens is 1. The standard InChI is InChI=1S/C13H21N3O/c1-8-7-15-12(5-9(8)14)16-10-6-11(17-4)13(10,2)3/h5,7,10-11H,6H2,1-4H3,(H3,14,15,16). The molecule has 1 aliphatic carbocycles. The molecule has 17 heavy (non-hydrogen) atoms. The molecule has 2 rings (SSSR count). The van der Waals surface area contributed by atoms with Crippen molar-refractivity contribution in [1.29, 1.82) is 0 Å². The molecule has 1 heterocycles. The van der Waals surface area contributed by atoms with Crippen LogP contribution in [0.15, 0.2) is 12.3 Å². The maximum Gasteiger partial charge on any atom is 0.128 e. The Hall–Kier alpha value is -1.29. The average Bonchev–Trinajstić information content (AvgIpc) is 2.28. The first-order valence-corrected chi connectivity index (χ1v) is 5.96. The van der Waals surface area contributed by atoms with Crippen molar-refractivity contribution in [3.63, 3.8) is 0 Å². The van der Waals surface area contributed by atoms with Crippen molar-refractivity contribution >= 4 is 11.5 Å². The fourth-order valence-corrected chi connectivity index (χ4v) is 2.33. The zero-order valence-corrected chi connectivity index (χ0v) is 10.9. The second-order valence-electron chi connectivity index (χ2n) is 5.40. The lowest BCUT2D eigenvalue weighted by atomic mass is 9.64. The van der Waals surface area contributed by atoms with Gasteiger partial charge in [-0.2, -0.15) is 0 Å². The van der Waals surface area contributed by atoms with Crippen molar-refractivity contribution < 1.29 is 4.74 Å². The van der Waals surface area contributed by atoms with Gasteiger partial charge in [0.25, 0.3) is 0 Å². The highest BCUT2D eigenvalue weighted by Crippen LogP contribution is 2.43. The summed E-state index contributed by atoms with van der Waals surface area (Å²) in [4.78, 5) is 4.35. The topological polar surface area (TPSA) is 60.2 Å². The van der Waals surface area contributed by atoms with E-state index in [1.807, 2.05) is 13.0 Å². The van der Waals surface area contributed by atoms with Crippen molar-refractivity contribution in [2.24, 2.45) is 5.41 Å². The van der Waals surface area contributed by atoms with Crippen LogP contribution in [0.25, 0.3) is 0 Å². The van der Waals surface area contributed by atoms with Gasteiger partial charge in [-0.3, -0.25) is 0 Å². The SMILES string of the molecule is COC1CC(Nc2cc(N)c(C)cn2)C1(C)C. The van der Waals surface area contributed by atoms with Crippen LogP contribution in [0.3, 0.4) is 0 Å². The van der Waals surface area contributed by atoms with Gasteiger partial charge < -0.3 is 15.8 Å². The van der Waals surface area contributed by atoms with Gasteiger partial charge in [0.1, 0.15) is 5.82 Å². The number of hydrogen-bond acceptors (Lipinski definition) is 4. The molecule has 0 aromatic carbocycles. The van der Waals surface area contributed by atoms with E-state index in [9.17, 15) is 0 Å². The summed E-state index contributed by atoms with van der Waals surface area (Å²) in [7, 11) is 1.77.